The van der Waals surface area contributed by atoms with E-state index >= 15 is 0 Å². The number of thiocarbonyl (C=S) groups is 1. The number of nitrogens with zero attached hydrogens (tertiary/aromatic N) is 5. The number of ketones is 1. The van der Waals surface area contributed by atoms with Crippen LogP contribution in [0.1, 0.15) is 88.1 Å². The fourth-order valence-corrected chi connectivity index (χ4v) is 8.91. The Kier molecular flexibility index (Phi) is 13.2. The molecule has 318 valence electrons. The summed E-state index contributed by atoms with van der Waals surface area (Å²) in [5.41, 5.74) is 0.359. The molecule has 3 amide bonds. The lowest BCUT2D eigenvalue weighted by atomic mass is 9.90. The van der Waals surface area contributed by atoms with Crippen LogP contribution in [-0.4, -0.2) is 88.8 Å². The molecule has 0 aromatic heterocycles. The van der Waals surface area contributed by atoms with Crippen LogP contribution in [0.15, 0.2) is 60.7 Å². The smallest absolute Gasteiger partial charge is 0.417 e. The molecule has 1 N–H and O–H groups in total. The highest BCUT2D eigenvalue weighted by molar-refractivity contribution is 7.81. The second-order valence-corrected chi connectivity index (χ2v) is 17.3. The first kappa shape index (κ1) is 44.4. The van der Waals surface area contributed by atoms with Gasteiger partial charge in [0.25, 0.3) is 5.91 Å². The highest BCUT2D eigenvalue weighted by atomic mass is 32.1. The van der Waals surface area contributed by atoms with Crippen LogP contribution in [0.3, 0.4) is 0 Å². The van der Waals surface area contributed by atoms with Gasteiger partial charge in [-0.25, -0.2) is 0 Å². The van der Waals surface area contributed by atoms with Gasteiger partial charge in [0, 0.05) is 56.2 Å². The van der Waals surface area contributed by atoms with Crippen molar-refractivity contribution in [1.29, 1.82) is 5.26 Å². The van der Waals surface area contributed by atoms with Gasteiger partial charge in [0.2, 0.25) is 11.8 Å². The number of amides is 3. The second kappa shape index (κ2) is 17.8. The summed E-state index contributed by atoms with van der Waals surface area (Å²) in [5, 5.41) is 11.7. The summed E-state index contributed by atoms with van der Waals surface area (Å²) in [7, 11) is 0. The van der Waals surface area contributed by atoms with E-state index in [0.29, 0.717) is 56.8 Å². The lowest BCUT2D eigenvalue weighted by molar-refractivity contribution is -0.138. The maximum absolute atomic E-state index is 13.8. The van der Waals surface area contributed by atoms with Gasteiger partial charge in [-0.2, -0.15) is 18.4 Å². The Bertz CT molecular complexity index is 2220. The lowest BCUT2D eigenvalue weighted by Gasteiger charge is -2.43. The van der Waals surface area contributed by atoms with Crippen LogP contribution in [0.4, 0.5) is 24.5 Å². The molecule has 3 aromatic rings. The predicted octanol–water partition coefficient (Wildman–Crippen LogP) is 6.80. The van der Waals surface area contributed by atoms with Gasteiger partial charge in [0.15, 0.2) is 10.9 Å². The minimum absolute atomic E-state index is 0.0198. The van der Waals surface area contributed by atoms with E-state index in [2.05, 4.69) is 29.0 Å². The molecular weight excluding hydrogens is 794 g/mol. The highest BCUT2D eigenvalue weighted by Crippen LogP contribution is 2.41. The number of Topliss-reactive ketones (excluding diaryl/α,β-unsaturated/α-hetero) is 1. The maximum atomic E-state index is 13.8. The van der Waals surface area contributed by atoms with Gasteiger partial charge in [-0.15, -0.1) is 0 Å². The summed E-state index contributed by atoms with van der Waals surface area (Å²) in [6.45, 7) is 14.5. The van der Waals surface area contributed by atoms with Crippen molar-refractivity contribution in [3.8, 4) is 11.8 Å². The Hall–Kier alpha value is -5.17. The SMILES string of the molecule is CC(C)c1cc(N2C(=S)N(c3ccc(C#N)c(C(F)(F)F)c3)C(=O)C2(C)C)ccc1OCCN1C[C@@H](C)N(CC(=O)Cc2cccc(CC3CCC(=O)NC3=O)c2)C[C@H]1C. The topological polar surface area (TPSA) is 126 Å². The lowest BCUT2D eigenvalue weighted by Crippen LogP contribution is -2.58. The molecule has 11 nitrogen and oxygen atoms in total. The third kappa shape index (κ3) is 9.56. The Morgan fingerprint density at radius 1 is 0.983 bits per heavy atom. The number of nitriles is 1. The number of imide groups is 1. The molecular formula is C45H51F3N6O5S. The summed E-state index contributed by atoms with van der Waals surface area (Å²) in [4.78, 5) is 58.2. The molecule has 0 aliphatic carbocycles. The minimum Gasteiger partial charge on any atom is -0.492 e. The Morgan fingerprint density at radius 2 is 1.67 bits per heavy atom. The monoisotopic (exact) mass is 844 g/mol. The number of ether oxygens (including phenoxy) is 1. The van der Waals surface area contributed by atoms with Crippen LogP contribution in [0.5, 0.6) is 5.75 Å². The molecule has 1 unspecified atom stereocenters. The quantitative estimate of drug-likeness (QED) is 0.145. The van der Waals surface area contributed by atoms with Gasteiger partial charge >= 0.3 is 6.18 Å². The molecule has 3 fully saturated rings. The molecule has 0 spiro atoms. The predicted molar refractivity (Wildman–Crippen MR) is 226 cm³/mol. The zero-order valence-corrected chi connectivity index (χ0v) is 35.6. The van der Waals surface area contributed by atoms with E-state index in [4.69, 9.17) is 17.0 Å². The van der Waals surface area contributed by atoms with E-state index in [0.717, 1.165) is 46.8 Å². The van der Waals surface area contributed by atoms with Crippen molar-refractivity contribution in [2.75, 3.05) is 42.6 Å². The summed E-state index contributed by atoms with van der Waals surface area (Å²) in [6.07, 6.45) is -3.11. The fourth-order valence-electron chi connectivity index (χ4n) is 8.39. The van der Waals surface area contributed by atoms with Crippen molar-refractivity contribution in [3.63, 3.8) is 0 Å². The molecule has 3 aliphatic rings. The van der Waals surface area contributed by atoms with Crippen molar-refractivity contribution in [2.24, 2.45) is 5.92 Å². The number of alkyl halides is 3. The largest absolute Gasteiger partial charge is 0.492 e. The van der Waals surface area contributed by atoms with E-state index < -0.39 is 28.7 Å². The van der Waals surface area contributed by atoms with E-state index in [1.165, 1.54) is 6.07 Å². The van der Waals surface area contributed by atoms with Crippen LogP contribution in [0.2, 0.25) is 0 Å². The number of halogens is 3. The highest BCUT2D eigenvalue weighted by Gasteiger charge is 2.51. The molecule has 60 heavy (non-hydrogen) atoms. The number of carbonyl (C=O) groups is 4. The number of piperazine rings is 1. The van der Waals surface area contributed by atoms with Crippen molar-refractivity contribution in [1.82, 2.24) is 15.1 Å². The number of hydrogen-bond acceptors (Lipinski definition) is 9. The molecule has 3 heterocycles. The van der Waals surface area contributed by atoms with E-state index in [-0.39, 0.29) is 52.3 Å². The third-order valence-electron chi connectivity index (χ3n) is 11.7. The zero-order chi connectivity index (χ0) is 43.7. The van der Waals surface area contributed by atoms with Gasteiger partial charge in [0.05, 0.1) is 29.4 Å². The fraction of sp³-hybridized carbons (Fsp3) is 0.467. The molecule has 3 aliphatic heterocycles. The summed E-state index contributed by atoms with van der Waals surface area (Å²) in [5.74, 6) is -0.413. The van der Waals surface area contributed by atoms with E-state index in [1.807, 2.05) is 50.2 Å². The number of rotatable bonds is 13. The van der Waals surface area contributed by atoms with Gasteiger partial charge in [-0.05, 0) is 112 Å². The van der Waals surface area contributed by atoms with Crippen molar-refractivity contribution >= 4 is 52.2 Å². The number of hydrogen-bond donors (Lipinski definition) is 1. The molecule has 15 heteroatoms. The third-order valence-corrected chi connectivity index (χ3v) is 12.1. The van der Waals surface area contributed by atoms with Gasteiger partial charge in [-0.1, -0.05) is 38.1 Å². The first-order valence-corrected chi connectivity index (χ1v) is 20.7. The minimum atomic E-state index is -4.80. The van der Waals surface area contributed by atoms with E-state index in [9.17, 15) is 37.6 Å². The Morgan fingerprint density at radius 3 is 2.35 bits per heavy atom. The molecule has 3 atom stereocenters. The van der Waals surface area contributed by atoms with Crippen molar-refractivity contribution < 1.29 is 37.1 Å². The standard InChI is InChI=1S/C45H51F3N6O5S/c1-27(2)37-21-35(54-43(60)53(42(58)44(54,5)6)34-12-10-33(23-49)38(22-34)45(46,47)48)13-14-39(37)59-17-16-51-24-29(4)52(25-28(51)3)26-36(55)20-31-9-7-8-30(18-31)19-32-11-15-40(56)50-41(32)57/h7-10,12-14,18,21-22,27-29,32H,11,15-17,19-20,24-26H2,1-6H3,(H,50,56,57)/t28-,29-,32?/m1/s1. The second-order valence-electron chi connectivity index (χ2n) is 16.9. The zero-order valence-electron chi connectivity index (χ0n) is 34.8. The van der Waals surface area contributed by atoms with Crippen molar-refractivity contribution in [2.45, 2.75) is 96.9 Å². The molecule has 0 saturated carbocycles. The van der Waals surface area contributed by atoms with Crippen LogP contribution in [0, 0.1) is 17.2 Å². The Labute approximate surface area is 354 Å². The van der Waals surface area contributed by atoms with Gasteiger partial charge in [-0.3, -0.25) is 39.2 Å². The van der Waals surface area contributed by atoms with Gasteiger partial charge < -0.3 is 9.64 Å². The van der Waals surface area contributed by atoms with Crippen LogP contribution < -0.4 is 19.9 Å². The maximum Gasteiger partial charge on any atom is 0.417 e. The van der Waals surface area contributed by atoms with Crippen LogP contribution in [-0.2, 0) is 38.2 Å². The summed E-state index contributed by atoms with van der Waals surface area (Å²) >= 11 is 5.76. The molecule has 3 aromatic carbocycles. The first-order valence-electron chi connectivity index (χ1n) is 20.3. The first-order chi connectivity index (χ1) is 28.3. The average molecular weight is 845 g/mol. The molecule has 3 saturated heterocycles. The molecule has 6 rings (SSSR count). The van der Waals surface area contributed by atoms with Crippen LogP contribution >= 0.6 is 12.2 Å². The average Bonchev–Trinajstić information content (AvgIpc) is 3.35. The molecule has 0 radical (unpaired) electrons. The number of benzene rings is 3. The Balaban J connectivity index is 1.05. The number of piperidine rings is 1. The number of nitrogens with one attached hydrogen (secondary N) is 1. The van der Waals surface area contributed by atoms with Gasteiger partial charge in [0.1, 0.15) is 17.9 Å². The van der Waals surface area contributed by atoms with Crippen molar-refractivity contribution in [3.05, 3.63) is 88.5 Å². The number of carbonyl (C=O) groups excluding carboxylic acids is 4. The van der Waals surface area contributed by atoms with E-state index in [1.54, 1.807) is 30.9 Å². The van der Waals surface area contributed by atoms with Crippen LogP contribution in [0.25, 0.3) is 0 Å². The molecule has 0 bridgehead atoms. The summed E-state index contributed by atoms with van der Waals surface area (Å²) in [6, 6.07) is 18.3. The summed E-state index contributed by atoms with van der Waals surface area (Å²) < 4.78 is 47.9. The normalized spacial score (nSPS) is 21.4. The number of anilines is 2.